The van der Waals surface area contributed by atoms with Gasteiger partial charge < -0.3 is 9.15 Å². The van der Waals surface area contributed by atoms with Crippen molar-refractivity contribution in [3.63, 3.8) is 0 Å². The van der Waals surface area contributed by atoms with Crippen molar-refractivity contribution in [1.82, 2.24) is 10.2 Å². The van der Waals surface area contributed by atoms with Crippen LogP contribution in [0.3, 0.4) is 0 Å². The number of aryl methyl sites for hydroxylation is 1. The van der Waals surface area contributed by atoms with Crippen LogP contribution in [0.4, 0.5) is 0 Å². The molecule has 0 unspecified atom stereocenters. The van der Waals surface area contributed by atoms with E-state index in [4.69, 9.17) is 32.4 Å². The Morgan fingerprint density at radius 3 is 2.90 bits per heavy atom. The third kappa shape index (κ3) is 4.58. The van der Waals surface area contributed by atoms with E-state index in [2.05, 4.69) is 10.2 Å². The number of aromatic nitrogens is 2. The first-order chi connectivity index (χ1) is 9.69. The fraction of sp³-hybridized carbons (Fsp3) is 0.385. The maximum Gasteiger partial charge on any atom is 0.276 e. The number of nitrogens with zero attached hydrogens (tertiary/aromatic N) is 2. The van der Waals surface area contributed by atoms with Gasteiger partial charge in [-0.1, -0.05) is 41.9 Å². The molecule has 2 aromatic rings. The summed E-state index contributed by atoms with van der Waals surface area (Å²) in [6, 6.07) is 5.16. The first-order valence-electron chi connectivity index (χ1n) is 6.22. The molecule has 0 amide bonds. The smallest absolute Gasteiger partial charge is 0.276 e. The first kappa shape index (κ1) is 15.5. The Hall–Kier alpha value is -0.910. The minimum Gasteiger partial charge on any atom is -0.492 e. The largest absolute Gasteiger partial charge is 0.492 e. The molecule has 0 spiro atoms. The number of halogens is 2. The average Bonchev–Trinajstić information content (AvgIpc) is 2.85. The number of thioether (sulfide) groups is 1. The SMILES string of the molecule is CCSc1nnc(CCCOc2ccc(Cl)cc2Cl)o1. The van der Waals surface area contributed by atoms with Crippen LogP contribution in [0.5, 0.6) is 5.75 Å². The van der Waals surface area contributed by atoms with Crippen LogP contribution in [0.15, 0.2) is 27.8 Å². The second-order valence-electron chi connectivity index (χ2n) is 3.92. The third-order valence-electron chi connectivity index (χ3n) is 2.40. The van der Waals surface area contributed by atoms with E-state index in [1.165, 1.54) is 11.8 Å². The van der Waals surface area contributed by atoms with Gasteiger partial charge in [-0.15, -0.1) is 10.2 Å². The van der Waals surface area contributed by atoms with Gasteiger partial charge in [0.05, 0.1) is 11.6 Å². The summed E-state index contributed by atoms with van der Waals surface area (Å²) in [6.45, 7) is 2.57. The van der Waals surface area contributed by atoms with Crippen LogP contribution in [0.1, 0.15) is 19.2 Å². The molecule has 0 aliphatic carbocycles. The molecule has 0 saturated carbocycles. The van der Waals surface area contributed by atoms with Gasteiger partial charge in [-0.25, -0.2) is 0 Å². The van der Waals surface area contributed by atoms with Crippen molar-refractivity contribution in [2.24, 2.45) is 0 Å². The lowest BCUT2D eigenvalue weighted by Crippen LogP contribution is -2.00. The molecule has 108 valence electrons. The van der Waals surface area contributed by atoms with E-state index in [9.17, 15) is 0 Å². The van der Waals surface area contributed by atoms with Crippen LogP contribution in [0.25, 0.3) is 0 Å². The zero-order valence-corrected chi connectivity index (χ0v) is 13.3. The van der Waals surface area contributed by atoms with Crippen molar-refractivity contribution >= 4 is 35.0 Å². The molecule has 1 aromatic carbocycles. The van der Waals surface area contributed by atoms with Crippen molar-refractivity contribution < 1.29 is 9.15 Å². The van der Waals surface area contributed by atoms with E-state index in [0.29, 0.717) is 39.9 Å². The fourth-order valence-corrected chi connectivity index (χ4v) is 2.48. The minimum absolute atomic E-state index is 0.511. The van der Waals surface area contributed by atoms with Gasteiger partial charge in [-0.05, 0) is 30.4 Å². The van der Waals surface area contributed by atoms with E-state index in [1.54, 1.807) is 18.2 Å². The quantitative estimate of drug-likeness (QED) is 0.551. The summed E-state index contributed by atoms with van der Waals surface area (Å²) in [5.41, 5.74) is 0. The Labute approximate surface area is 131 Å². The summed E-state index contributed by atoms with van der Waals surface area (Å²) in [5.74, 6) is 2.18. The predicted octanol–water partition coefficient (Wildman–Crippen LogP) is 4.50. The highest BCUT2D eigenvalue weighted by atomic mass is 35.5. The van der Waals surface area contributed by atoms with Crippen LogP contribution in [0.2, 0.25) is 10.0 Å². The second-order valence-corrected chi connectivity index (χ2v) is 5.98. The van der Waals surface area contributed by atoms with Crippen LogP contribution in [-0.4, -0.2) is 22.6 Å². The van der Waals surface area contributed by atoms with Gasteiger partial charge in [0.1, 0.15) is 5.75 Å². The maximum absolute atomic E-state index is 6.01. The molecule has 0 aliphatic rings. The fourth-order valence-electron chi connectivity index (χ4n) is 1.52. The van der Waals surface area contributed by atoms with Gasteiger partial charge in [0.2, 0.25) is 5.89 Å². The molecule has 0 saturated heterocycles. The lowest BCUT2D eigenvalue weighted by molar-refractivity contribution is 0.302. The summed E-state index contributed by atoms with van der Waals surface area (Å²) < 4.78 is 11.0. The summed E-state index contributed by atoms with van der Waals surface area (Å²) >= 11 is 13.4. The van der Waals surface area contributed by atoms with Crippen LogP contribution in [-0.2, 0) is 6.42 Å². The molecule has 0 radical (unpaired) electrons. The van der Waals surface area contributed by atoms with Crippen LogP contribution < -0.4 is 4.74 Å². The zero-order valence-electron chi connectivity index (χ0n) is 10.9. The second kappa shape index (κ2) is 7.76. The van der Waals surface area contributed by atoms with Crippen LogP contribution >= 0.6 is 35.0 Å². The molecule has 4 nitrogen and oxygen atoms in total. The lowest BCUT2D eigenvalue weighted by atomic mass is 10.3. The molecule has 0 N–H and O–H groups in total. The van der Waals surface area contributed by atoms with E-state index in [-0.39, 0.29) is 0 Å². The van der Waals surface area contributed by atoms with E-state index < -0.39 is 0 Å². The molecule has 20 heavy (non-hydrogen) atoms. The molecule has 0 atom stereocenters. The van der Waals surface area contributed by atoms with Gasteiger partial charge in [0.15, 0.2) is 0 Å². The Bertz CT molecular complexity index is 563. The van der Waals surface area contributed by atoms with Crippen molar-refractivity contribution in [1.29, 1.82) is 0 Å². The predicted molar refractivity (Wildman–Crippen MR) is 81.0 cm³/mol. The molecule has 7 heteroatoms. The normalized spacial score (nSPS) is 10.8. The van der Waals surface area contributed by atoms with Crippen molar-refractivity contribution in [3.05, 3.63) is 34.1 Å². The van der Waals surface area contributed by atoms with E-state index in [0.717, 1.165) is 12.2 Å². The molecule has 0 aliphatic heterocycles. The number of rotatable bonds is 7. The van der Waals surface area contributed by atoms with Crippen molar-refractivity contribution in [2.45, 2.75) is 25.0 Å². The summed E-state index contributed by atoms with van der Waals surface area (Å²) in [4.78, 5) is 0. The molecular weight excluding hydrogens is 319 g/mol. The van der Waals surface area contributed by atoms with Gasteiger partial charge in [0, 0.05) is 11.4 Å². The Balaban J connectivity index is 1.75. The Morgan fingerprint density at radius 1 is 1.30 bits per heavy atom. The Morgan fingerprint density at radius 2 is 2.15 bits per heavy atom. The molecule has 1 aromatic heterocycles. The highest BCUT2D eigenvalue weighted by Gasteiger charge is 2.06. The monoisotopic (exact) mass is 332 g/mol. The van der Waals surface area contributed by atoms with Gasteiger partial charge >= 0.3 is 0 Å². The van der Waals surface area contributed by atoms with Crippen molar-refractivity contribution in [2.75, 3.05) is 12.4 Å². The highest BCUT2D eigenvalue weighted by molar-refractivity contribution is 7.99. The topological polar surface area (TPSA) is 48.2 Å². The van der Waals surface area contributed by atoms with Gasteiger partial charge in [0.25, 0.3) is 5.22 Å². The number of benzene rings is 1. The van der Waals surface area contributed by atoms with E-state index in [1.807, 2.05) is 6.92 Å². The molecular formula is C13H14Cl2N2O2S. The van der Waals surface area contributed by atoms with Gasteiger partial charge in [-0.3, -0.25) is 0 Å². The minimum atomic E-state index is 0.511. The lowest BCUT2D eigenvalue weighted by Gasteiger charge is -2.07. The first-order valence-corrected chi connectivity index (χ1v) is 7.96. The van der Waals surface area contributed by atoms with Crippen LogP contribution in [0, 0.1) is 0 Å². The zero-order chi connectivity index (χ0) is 14.4. The maximum atomic E-state index is 6.01. The van der Waals surface area contributed by atoms with Gasteiger partial charge in [-0.2, -0.15) is 0 Å². The number of hydrogen-bond donors (Lipinski definition) is 0. The standard InChI is InChI=1S/C13H14Cl2N2O2S/c1-2-20-13-17-16-12(19-13)4-3-7-18-11-6-5-9(14)8-10(11)15/h5-6,8H,2-4,7H2,1H3. The molecule has 2 rings (SSSR count). The highest BCUT2D eigenvalue weighted by Crippen LogP contribution is 2.27. The summed E-state index contributed by atoms with van der Waals surface area (Å²) in [5, 5.41) is 9.63. The average molecular weight is 333 g/mol. The molecule has 0 bridgehead atoms. The van der Waals surface area contributed by atoms with Crippen molar-refractivity contribution in [3.8, 4) is 5.75 Å². The summed E-state index contributed by atoms with van der Waals surface area (Å²) in [6.07, 6.45) is 1.46. The number of hydrogen-bond acceptors (Lipinski definition) is 5. The summed E-state index contributed by atoms with van der Waals surface area (Å²) in [7, 11) is 0. The Kier molecular flexibility index (Phi) is 6.01. The third-order valence-corrected chi connectivity index (χ3v) is 3.63. The van der Waals surface area contributed by atoms with E-state index >= 15 is 0 Å². The number of ether oxygens (including phenoxy) is 1. The molecule has 0 fully saturated rings. The molecule has 1 heterocycles.